The van der Waals surface area contributed by atoms with Crippen LogP contribution in [0.15, 0.2) is 54.6 Å². The van der Waals surface area contributed by atoms with E-state index >= 15 is 0 Å². The van der Waals surface area contributed by atoms with E-state index in [-0.39, 0.29) is 12.2 Å². The zero-order valence-electron chi connectivity index (χ0n) is 9.67. The molecule has 0 saturated carbocycles. The highest BCUT2D eigenvalue weighted by atomic mass is 16.7. The molecule has 0 spiro atoms. The molecule has 0 bridgehead atoms. The van der Waals surface area contributed by atoms with Crippen molar-refractivity contribution in [2.24, 2.45) is 0 Å². The molecular formula is C15H14O2. The summed E-state index contributed by atoms with van der Waals surface area (Å²) in [5, 5.41) is 0. The monoisotopic (exact) mass is 226 g/mol. The third-order valence-corrected chi connectivity index (χ3v) is 3.16. The third kappa shape index (κ3) is 1.71. The Morgan fingerprint density at radius 2 is 1.65 bits per heavy atom. The van der Waals surface area contributed by atoms with Gasteiger partial charge in [-0.1, -0.05) is 48.5 Å². The number of benzene rings is 2. The maximum Gasteiger partial charge on any atom is 0.210 e. The molecule has 1 heterocycles. The Labute approximate surface area is 101 Å². The average Bonchev–Trinajstić information content (AvgIpc) is 2.78. The predicted octanol–water partition coefficient (Wildman–Crippen LogP) is 3.18. The molecule has 2 atom stereocenters. The fourth-order valence-electron chi connectivity index (χ4n) is 2.37. The highest BCUT2D eigenvalue weighted by Gasteiger charge is 2.35. The van der Waals surface area contributed by atoms with Gasteiger partial charge in [-0.05, 0) is 11.6 Å². The second-order valence-electron chi connectivity index (χ2n) is 4.15. The molecule has 1 aliphatic heterocycles. The molecule has 0 aromatic heterocycles. The van der Waals surface area contributed by atoms with Gasteiger partial charge in [-0.15, -0.1) is 0 Å². The summed E-state index contributed by atoms with van der Waals surface area (Å²) in [6.07, 6.45) is -0.227. The van der Waals surface area contributed by atoms with Gasteiger partial charge < -0.3 is 9.47 Å². The second-order valence-corrected chi connectivity index (χ2v) is 4.15. The molecule has 0 aliphatic carbocycles. The Morgan fingerprint density at radius 1 is 0.941 bits per heavy atom. The van der Waals surface area contributed by atoms with Gasteiger partial charge in [0.2, 0.25) is 6.29 Å². The van der Waals surface area contributed by atoms with E-state index in [0.29, 0.717) is 0 Å². The maximum atomic E-state index is 5.80. The second kappa shape index (κ2) is 4.22. The molecule has 2 heteroatoms. The lowest BCUT2D eigenvalue weighted by Crippen LogP contribution is -2.21. The van der Waals surface area contributed by atoms with Crippen molar-refractivity contribution in [1.82, 2.24) is 0 Å². The highest BCUT2D eigenvalue weighted by molar-refractivity contribution is 5.46. The summed E-state index contributed by atoms with van der Waals surface area (Å²) in [5.74, 6) is 1.09. The van der Waals surface area contributed by atoms with E-state index in [2.05, 4.69) is 18.2 Å². The van der Waals surface area contributed by atoms with E-state index < -0.39 is 0 Å². The van der Waals surface area contributed by atoms with Gasteiger partial charge in [-0.3, -0.25) is 0 Å². The molecule has 3 rings (SSSR count). The van der Waals surface area contributed by atoms with Gasteiger partial charge in [0.15, 0.2) is 0 Å². The minimum absolute atomic E-state index is 0.164. The molecule has 2 nitrogen and oxygen atoms in total. The summed E-state index contributed by atoms with van der Waals surface area (Å²) in [7, 11) is 1.69. The first kappa shape index (κ1) is 10.4. The Bertz CT molecular complexity index is 507. The number of hydrogen-bond donors (Lipinski definition) is 0. The van der Waals surface area contributed by atoms with Crippen molar-refractivity contribution in [3.63, 3.8) is 0 Å². The van der Waals surface area contributed by atoms with Crippen LogP contribution in [0, 0.1) is 0 Å². The van der Waals surface area contributed by atoms with Gasteiger partial charge in [-0.25, -0.2) is 0 Å². The SMILES string of the molecule is CO[C@H]1Oc2ccccc2[C@@H]1c1ccccc1. The Kier molecular flexibility index (Phi) is 2.57. The predicted molar refractivity (Wildman–Crippen MR) is 66.2 cm³/mol. The summed E-state index contributed by atoms with van der Waals surface area (Å²) in [6, 6.07) is 18.5. The van der Waals surface area contributed by atoms with E-state index in [1.165, 1.54) is 11.1 Å². The van der Waals surface area contributed by atoms with Gasteiger partial charge in [0.1, 0.15) is 5.75 Å². The first-order valence-corrected chi connectivity index (χ1v) is 5.73. The van der Waals surface area contributed by atoms with E-state index in [1.54, 1.807) is 7.11 Å². The van der Waals surface area contributed by atoms with Crippen molar-refractivity contribution in [3.8, 4) is 5.75 Å². The van der Waals surface area contributed by atoms with Crippen LogP contribution in [0.4, 0.5) is 0 Å². The van der Waals surface area contributed by atoms with Crippen LogP contribution in [-0.2, 0) is 4.74 Å². The smallest absolute Gasteiger partial charge is 0.210 e. The number of para-hydroxylation sites is 1. The van der Waals surface area contributed by atoms with Crippen molar-refractivity contribution in [3.05, 3.63) is 65.7 Å². The van der Waals surface area contributed by atoms with E-state index in [1.807, 2.05) is 36.4 Å². The van der Waals surface area contributed by atoms with Gasteiger partial charge in [0.05, 0.1) is 5.92 Å². The van der Waals surface area contributed by atoms with Crippen LogP contribution in [0.25, 0.3) is 0 Å². The van der Waals surface area contributed by atoms with Crippen LogP contribution >= 0.6 is 0 Å². The van der Waals surface area contributed by atoms with Crippen LogP contribution in [0.1, 0.15) is 17.0 Å². The van der Waals surface area contributed by atoms with Crippen LogP contribution in [-0.4, -0.2) is 13.4 Å². The Morgan fingerprint density at radius 3 is 2.41 bits per heavy atom. The summed E-state index contributed by atoms with van der Waals surface area (Å²) in [4.78, 5) is 0. The number of fused-ring (bicyclic) bond motifs is 1. The number of rotatable bonds is 2. The quantitative estimate of drug-likeness (QED) is 0.783. The maximum absolute atomic E-state index is 5.80. The molecule has 0 unspecified atom stereocenters. The molecule has 0 saturated heterocycles. The zero-order valence-corrected chi connectivity index (χ0v) is 9.67. The highest BCUT2D eigenvalue weighted by Crippen LogP contribution is 2.42. The van der Waals surface area contributed by atoms with E-state index in [0.717, 1.165) is 5.75 Å². The molecule has 0 radical (unpaired) electrons. The fraction of sp³-hybridized carbons (Fsp3) is 0.200. The van der Waals surface area contributed by atoms with Crippen molar-refractivity contribution >= 4 is 0 Å². The first-order valence-electron chi connectivity index (χ1n) is 5.73. The van der Waals surface area contributed by atoms with E-state index in [9.17, 15) is 0 Å². The molecule has 1 aliphatic rings. The molecule has 0 fully saturated rings. The van der Waals surface area contributed by atoms with Crippen molar-refractivity contribution < 1.29 is 9.47 Å². The lowest BCUT2D eigenvalue weighted by molar-refractivity contribution is -0.0470. The van der Waals surface area contributed by atoms with Crippen LogP contribution in [0.5, 0.6) is 5.75 Å². The average molecular weight is 226 g/mol. The van der Waals surface area contributed by atoms with Crippen molar-refractivity contribution in [1.29, 1.82) is 0 Å². The summed E-state index contributed by atoms with van der Waals surface area (Å²) >= 11 is 0. The zero-order chi connectivity index (χ0) is 11.7. The normalized spacial score (nSPS) is 21.9. The summed E-state index contributed by atoms with van der Waals surface area (Å²) in [5.41, 5.74) is 2.43. The minimum Gasteiger partial charge on any atom is -0.464 e. The Balaban J connectivity index is 2.08. The standard InChI is InChI=1S/C15H14O2/c1-16-15-14(11-7-3-2-4-8-11)12-9-5-6-10-13(12)17-15/h2-10,14-15H,1H3/t14-,15-/m0/s1. The largest absolute Gasteiger partial charge is 0.464 e. The topological polar surface area (TPSA) is 18.5 Å². The molecule has 0 N–H and O–H groups in total. The van der Waals surface area contributed by atoms with Crippen LogP contribution in [0.2, 0.25) is 0 Å². The van der Waals surface area contributed by atoms with Gasteiger partial charge in [0, 0.05) is 12.7 Å². The van der Waals surface area contributed by atoms with Crippen molar-refractivity contribution in [2.45, 2.75) is 12.2 Å². The van der Waals surface area contributed by atoms with Crippen molar-refractivity contribution in [2.75, 3.05) is 7.11 Å². The lowest BCUT2D eigenvalue weighted by atomic mass is 9.92. The number of hydrogen-bond acceptors (Lipinski definition) is 2. The minimum atomic E-state index is -0.227. The molecule has 2 aromatic rings. The van der Waals surface area contributed by atoms with Crippen LogP contribution in [0.3, 0.4) is 0 Å². The third-order valence-electron chi connectivity index (χ3n) is 3.16. The Hall–Kier alpha value is -1.80. The fourth-order valence-corrected chi connectivity index (χ4v) is 2.37. The van der Waals surface area contributed by atoms with E-state index in [4.69, 9.17) is 9.47 Å². The lowest BCUT2D eigenvalue weighted by Gasteiger charge is -2.17. The summed E-state index contributed by atoms with van der Waals surface area (Å²) < 4.78 is 11.2. The molecule has 86 valence electrons. The molecule has 17 heavy (non-hydrogen) atoms. The molecular weight excluding hydrogens is 212 g/mol. The van der Waals surface area contributed by atoms with Gasteiger partial charge >= 0.3 is 0 Å². The first-order chi connectivity index (χ1) is 8.40. The number of methoxy groups -OCH3 is 1. The molecule has 0 amide bonds. The van der Waals surface area contributed by atoms with Gasteiger partial charge in [0.25, 0.3) is 0 Å². The summed E-state index contributed by atoms with van der Waals surface area (Å²) in [6.45, 7) is 0. The van der Waals surface area contributed by atoms with Crippen LogP contribution < -0.4 is 4.74 Å². The number of ether oxygens (including phenoxy) is 2. The van der Waals surface area contributed by atoms with Gasteiger partial charge in [-0.2, -0.15) is 0 Å². The molecule has 2 aromatic carbocycles.